The fraction of sp³-hybridized carbons (Fsp3) is 0.357. The van der Waals surface area contributed by atoms with Gasteiger partial charge in [0.2, 0.25) is 5.92 Å². The molecular weight excluding hydrogens is 220 g/mol. The molecule has 2 aromatic rings. The molecule has 1 heterocycles. The smallest absolute Gasteiger partial charge is 0.248 e. The summed E-state index contributed by atoms with van der Waals surface area (Å²) in [5.74, 6) is -2.30. The Hall–Kier alpha value is -1.51. The van der Waals surface area contributed by atoms with Crippen molar-refractivity contribution >= 4 is 10.9 Å². The third-order valence-corrected chi connectivity index (χ3v) is 3.35. The van der Waals surface area contributed by atoms with Crippen LogP contribution in [0.5, 0.6) is 0 Å². The lowest BCUT2D eigenvalue weighted by atomic mass is 9.78. The Bertz CT molecular complexity index is 543. The number of hydrogen-bond acceptors (Lipinski definition) is 1. The van der Waals surface area contributed by atoms with E-state index in [9.17, 15) is 8.78 Å². The summed E-state index contributed by atoms with van der Waals surface area (Å²) in [6.07, 6.45) is 2.58. The lowest BCUT2D eigenvalue weighted by Gasteiger charge is -2.34. The number of pyridine rings is 1. The van der Waals surface area contributed by atoms with E-state index >= 15 is 0 Å². The summed E-state index contributed by atoms with van der Waals surface area (Å²) in [4.78, 5) is 4.34. The predicted octanol–water partition coefficient (Wildman–Crippen LogP) is 3.82. The van der Waals surface area contributed by atoms with Crippen LogP contribution < -0.4 is 0 Å². The molecule has 0 aliphatic heterocycles. The van der Waals surface area contributed by atoms with Crippen molar-refractivity contribution in [2.24, 2.45) is 5.92 Å². The van der Waals surface area contributed by atoms with E-state index in [1.54, 1.807) is 6.20 Å². The molecule has 1 aliphatic carbocycles. The van der Waals surface area contributed by atoms with E-state index < -0.39 is 5.92 Å². The molecule has 3 heteroatoms. The van der Waals surface area contributed by atoms with E-state index in [0.717, 1.165) is 16.5 Å². The number of hydrogen-bond donors (Lipinski definition) is 0. The summed E-state index contributed by atoms with van der Waals surface area (Å²) in [6.45, 7) is 0. The molecule has 3 rings (SSSR count). The first-order chi connectivity index (χ1) is 8.12. The summed E-state index contributed by atoms with van der Waals surface area (Å²) in [7, 11) is 0. The van der Waals surface area contributed by atoms with Crippen molar-refractivity contribution < 1.29 is 8.78 Å². The van der Waals surface area contributed by atoms with Gasteiger partial charge in [-0.25, -0.2) is 8.78 Å². The van der Waals surface area contributed by atoms with Crippen molar-refractivity contribution in [2.45, 2.75) is 25.2 Å². The van der Waals surface area contributed by atoms with Gasteiger partial charge in [0.15, 0.2) is 0 Å². The van der Waals surface area contributed by atoms with Gasteiger partial charge in [-0.05, 0) is 30.0 Å². The normalized spacial score (nSPS) is 19.2. The first kappa shape index (κ1) is 10.6. The van der Waals surface area contributed by atoms with Crippen LogP contribution >= 0.6 is 0 Å². The molecule has 0 saturated heterocycles. The van der Waals surface area contributed by atoms with Crippen molar-refractivity contribution in [3.8, 4) is 0 Å². The van der Waals surface area contributed by atoms with Gasteiger partial charge in [-0.3, -0.25) is 4.98 Å². The van der Waals surface area contributed by atoms with Gasteiger partial charge in [-0.2, -0.15) is 0 Å². The first-order valence-corrected chi connectivity index (χ1v) is 5.84. The topological polar surface area (TPSA) is 12.9 Å². The van der Waals surface area contributed by atoms with E-state index in [0.29, 0.717) is 6.42 Å². The summed E-state index contributed by atoms with van der Waals surface area (Å²) in [6, 6.07) is 9.92. The molecule has 1 nitrogen and oxygen atoms in total. The molecule has 0 spiro atoms. The molecule has 0 amide bonds. The predicted molar refractivity (Wildman–Crippen MR) is 63.1 cm³/mol. The average Bonchev–Trinajstić information content (AvgIpc) is 2.26. The minimum absolute atomic E-state index is 0.0276. The third-order valence-electron chi connectivity index (χ3n) is 3.35. The molecule has 0 radical (unpaired) electrons. The fourth-order valence-electron chi connectivity index (χ4n) is 2.49. The second-order valence-electron chi connectivity index (χ2n) is 4.87. The Balaban J connectivity index is 1.78. The number of benzene rings is 1. The molecule has 0 bridgehead atoms. The number of fused-ring (bicyclic) bond motifs is 1. The largest absolute Gasteiger partial charge is 0.256 e. The maximum absolute atomic E-state index is 12.7. The summed E-state index contributed by atoms with van der Waals surface area (Å²) in [5.41, 5.74) is 2.01. The van der Waals surface area contributed by atoms with Gasteiger partial charge in [-0.15, -0.1) is 0 Å². The number of rotatable bonds is 2. The van der Waals surface area contributed by atoms with Crippen molar-refractivity contribution in [3.63, 3.8) is 0 Å². The molecule has 1 aromatic carbocycles. The van der Waals surface area contributed by atoms with E-state index in [-0.39, 0.29) is 18.8 Å². The van der Waals surface area contributed by atoms with Crippen LogP contribution in [-0.2, 0) is 6.42 Å². The highest BCUT2D eigenvalue weighted by Crippen LogP contribution is 2.43. The Morgan fingerprint density at radius 1 is 1.24 bits per heavy atom. The van der Waals surface area contributed by atoms with Gasteiger partial charge in [0.05, 0.1) is 5.52 Å². The molecule has 17 heavy (non-hydrogen) atoms. The molecule has 0 atom stereocenters. The van der Waals surface area contributed by atoms with Crippen LogP contribution in [0.4, 0.5) is 8.78 Å². The highest BCUT2D eigenvalue weighted by Gasteiger charge is 2.44. The van der Waals surface area contributed by atoms with Crippen LogP contribution in [0.3, 0.4) is 0 Å². The standard InChI is InChI=1S/C14H13F2N/c15-14(16)7-11(8-14)5-10-6-12-3-1-2-4-13(12)17-9-10/h1-4,6,9,11H,5,7-8H2. The lowest BCUT2D eigenvalue weighted by Crippen LogP contribution is -2.36. The number of para-hydroxylation sites is 1. The van der Waals surface area contributed by atoms with Crippen molar-refractivity contribution in [1.29, 1.82) is 0 Å². The minimum atomic E-state index is -2.42. The summed E-state index contributed by atoms with van der Waals surface area (Å²) in [5, 5.41) is 1.08. The molecule has 0 N–H and O–H groups in total. The van der Waals surface area contributed by atoms with Crippen molar-refractivity contribution in [3.05, 3.63) is 42.1 Å². The number of alkyl halides is 2. The monoisotopic (exact) mass is 233 g/mol. The molecule has 1 aromatic heterocycles. The number of aromatic nitrogens is 1. The van der Waals surface area contributed by atoms with Gasteiger partial charge < -0.3 is 0 Å². The molecule has 0 unspecified atom stereocenters. The van der Waals surface area contributed by atoms with Gasteiger partial charge in [0.25, 0.3) is 0 Å². The first-order valence-electron chi connectivity index (χ1n) is 5.84. The fourth-order valence-corrected chi connectivity index (χ4v) is 2.49. The molecule has 1 saturated carbocycles. The van der Waals surface area contributed by atoms with Gasteiger partial charge in [0, 0.05) is 24.4 Å². The molecular formula is C14H13F2N. The Labute approximate surface area is 98.5 Å². The van der Waals surface area contributed by atoms with Crippen LogP contribution in [0.2, 0.25) is 0 Å². The maximum atomic E-state index is 12.7. The van der Waals surface area contributed by atoms with Crippen molar-refractivity contribution in [2.75, 3.05) is 0 Å². The highest BCUT2D eigenvalue weighted by atomic mass is 19.3. The van der Waals surface area contributed by atoms with E-state index in [4.69, 9.17) is 0 Å². The van der Waals surface area contributed by atoms with Gasteiger partial charge >= 0.3 is 0 Å². The van der Waals surface area contributed by atoms with Crippen LogP contribution in [-0.4, -0.2) is 10.9 Å². The molecule has 88 valence electrons. The Morgan fingerprint density at radius 2 is 2.00 bits per heavy atom. The van der Waals surface area contributed by atoms with Crippen molar-refractivity contribution in [1.82, 2.24) is 4.98 Å². The maximum Gasteiger partial charge on any atom is 0.248 e. The second kappa shape index (κ2) is 3.76. The zero-order valence-electron chi connectivity index (χ0n) is 9.37. The van der Waals surface area contributed by atoms with E-state index in [2.05, 4.69) is 11.1 Å². The zero-order chi connectivity index (χ0) is 11.9. The molecule has 1 aliphatic rings. The third kappa shape index (κ3) is 2.14. The quantitative estimate of drug-likeness (QED) is 0.768. The minimum Gasteiger partial charge on any atom is -0.256 e. The highest BCUT2D eigenvalue weighted by molar-refractivity contribution is 5.78. The second-order valence-corrected chi connectivity index (χ2v) is 4.87. The summed E-state index contributed by atoms with van der Waals surface area (Å²) < 4.78 is 25.5. The zero-order valence-corrected chi connectivity index (χ0v) is 9.37. The van der Waals surface area contributed by atoms with Gasteiger partial charge in [-0.1, -0.05) is 18.2 Å². The Kier molecular flexibility index (Phi) is 2.35. The van der Waals surface area contributed by atoms with Gasteiger partial charge in [0.1, 0.15) is 0 Å². The lowest BCUT2D eigenvalue weighted by molar-refractivity contribution is -0.109. The number of nitrogens with zero attached hydrogens (tertiary/aromatic N) is 1. The summed E-state index contributed by atoms with van der Waals surface area (Å²) >= 11 is 0. The van der Waals surface area contributed by atoms with E-state index in [1.807, 2.05) is 24.3 Å². The van der Waals surface area contributed by atoms with Crippen LogP contribution in [0.1, 0.15) is 18.4 Å². The SMILES string of the molecule is FC1(F)CC(Cc2cnc3ccccc3c2)C1. The number of halogens is 2. The van der Waals surface area contributed by atoms with Crippen LogP contribution in [0.15, 0.2) is 36.5 Å². The Morgan fingerprint density at radius 3 is 2.76 bits per heavy atom. The van der Waals surface area contributed by atoms with E-state index in [1.165, 1.54) is 0 Å². The van der Waals surface area contributed by atoms with Crippen LogP contribution in [0.25, 0.3) is 10.9 Å². The van der Waals surface area contributed by atoms with Crippen LogP contribution in [0, 0.1) is 5.92 Å². The average molecular weight is 233 g/mol. The molecule has 1 fully saturated rings.